The van der Waals surface area contributed by atoms with E-state index in [1.807, 2.05) is 38.1 Å². The maximum Gasteiger partial charge on any atom is 0.232 e. The fraction of sp³-hybridized carbons (Fsp3) is 0.190. The van der Waals surface area contributed by atoms with Crippen molar-refractivity contribution in [1.82, 2.24) is 0 Å². The number of rotatable bonds is 5. The molecule has 0 radical (unpaired) electrons. The lowest BCUT2D eigenvalue weighted by Gasteiger charge is -2.09. The maximum absolute atomic E-state index is 12.7. The Bertz CT molecular complexity index is 908. The number of allylic oxidation sites excluding steroid dienone is 2. The van der Waals surface area contributed by atoms with Crippen molar-refractivity contribution >= 4 is 27.8 Å². The van der Waals surface area contributed by atoms with Crippen LogP contribution in [0.1, 0.15) is 29.8 Å². The van der Waals surface area contributed by atoms with Crippen LogP contribution in [0.3, 0.4) is 0 Å². The first-order chi connectivity index (χ1) is 12.5. The molecule has 0 saturated heterocycles. The molecule has 134 valence electrons. The minimum atomic E-state index is -0.172. The van der Waals surface area contributed by atoms with Gasteiger partial charge in [-0.3, -0.25) is 4.79 Å². The number of Topliss-reactive ketones (excluding diaryl/α,β-unsaturated/α-hetero) is 1. The number of halogens is 1. The van der Waals surface area contributed by atoms with Crippen LogP contribution in [-0.4, -0.2) is 19.5 Å². The molecule has 0 spiro atoms. The highest BCUT2D eigenvalue weighted by molar-refractivity contribution is 9.10. The van der Waals surface area contributed by atoms with Crippen LogP contribution in [0.15, 0.2) is 58.3 Å². The fourth-order valence-corrected chi connectivity index (χ4v) is 2.93. The third kappa shape index (κ3) is 3.83. The zero-order valence-corrected chi connectivity index (χ0v) is 16.4. The summed E-state index contributed by atoms with van der Waals surface area (Å²) in [4.78, 5) is 12.7. The number of hydrogen-bond donors (Lipinski definition) is 0. The first kappa shape index (κ1) is 18.3. The average Bonchev–Trinajstić information content (AvgIpc) is 2.93. The molecule has 26 heavy (non-hydrogen) atoms. The molecule has 0 saturated carbocycles. The van der Waals surface area contributed by atoms with E-state index < -0.39 is 0 Å². The van der Waals surface area contributed by atoms with E-state index >= 15 is 0 Å². The second-order valence-corrected chi connectivity index (χ2v) is 6.97. The summed E-state index contributed by atoms with van der Waals surface area (Å²) in [6, 6.07) is 10.9. The molecule has 0 aliphatic carbocycles. The molecular weight excluding hydrogens is 396 g/mol. The van der Waals surface area contributed by atoms with Crippen LogP contribution in [0, 0.1) is 0 Å². The van der Waals surface area contributed by atoms with Gasteiger partial charge in [-0.2, -0.15) is 0 Å². The van der Waals surface area contributed by atoms with Crippen LogP contribution < -0.4 is 14.2 Å². The molecule has 0 atom stereocenters. The number of hydrogen-bond acceptors (Lipinski definition) is 4. The third-order valence-electron chi connectivity index (χ3n) is 3.87. The quantitative estimate of drug-likeness (QED) is 0.483. The van der Waals surface area contributed by atoms with Crippen molar-refractivity contribution in [3.8, 4) is 17.2 Å². The van der Waals surface area contributed by atoms with E-state index in [1.165, 1.54) is 5.57 Å². The van der Waals surface area contributed by atoms with Gasteiger partial charge in [0.25, 0.3) is 0 Å². The molecule has 5 heteroatoms. The van der Waals surface area contributed by atoms with E-state index in [4.69, 9.17) is 14.2 Å². The number of carbonyl (C=O) groups excluding carboxylic acids is 1. The van der Waals surface area contributed by atoms with E-state index in [0.717, 1.165) is 10.0 Å². The standard InChI is InChI=1S/C21H19BrO4/c1-13(2)9-10-25-17-8-7-15(22)11-14(17)12-19-20(23)16-5-4-6-18(24-3)21(16)26-19/h4-9,11-12H,10H2,1-3H3/b19-12-. The minimum absolute atomic E-state index is 0.172. The highest BCUT2D eigenvalue weighted by Crippen LogP contribution is 2.40. The summed E-state index contributed by atoms with van der Waals surface area (Å²) in [5, 5.41) is 0. The maximum atomic E-state index is 12.7. The van der Waals surface area contributed by atoms with Crippen molar-refractivity contribution in [1.29, 1.82) is 0 Å². The van der Waals surface area contributed by atoms with E-state index in [0.29, 0.717) is 29.4 Å². The van der Waals surface area contributed by atoms with E-state index in [2.05, 4.69) is 15.9 Å². The van der Waals surface area contributed by atoms with Crippen molar-refractivity contribution in [3.63, 3.8) is 0 Å². The molecule has 0 bridgehead atoms. The fourth-order valence-electron chi connectivity index (χ4n) is 2.55. The van der Waals surface area contributed by atoms with Crippen LogP contribution in [0.4, 0.5) is 0 Å². The Kier molecular flexibility index (Phi) is 5.47. The molecule has 0 amide bonds. The number of ketones is 1. The van der Waals surface area contributed by atoms with Gasteiger partial charge in [0.05, 0.1) is 12.7 Å². The zero-order chi connectivity index (χ0) is 18.7. The normalized spacial score (nSPS) is 14.0. The molecule has 0 aromatic heterocycles. The lowest BCUT2D eigenvalue weighted by molar-refractivity contribution is 0.101. The Morgan fingerprint density at radius 2 is 2.00 bits per heavy atom. The summed E-state index contributed by atoms with van der Waals surface area (Å²) < 4.78 is 17.8. The largest absolute Gasteiger partial charge is 0.493 e. The molecule has 0 unspecified atom stereocenters. The Hall–Kier alpha value is -2.53. The van der Waals surface area contributed by atoms with Gasteiger partial charge in [0.2, 0.25) is 5.78 Å². The molecular formula is C21H19BrO4. The van der Waals surface area contributed by atoms with Gasteiger partial charge in [-0.1, -0.05) is 27.6 Å². The predicted octanol–water partition coefficient (Wildman–Crippen LogP) is 5.42. The van der Waals surface area contributed by atoms with E-state index in [9.17, 15) is 4.79 Å². The van der Waals surface area contributed by atoms with E-state index in [-0.39, 0.29) is 11.5 Å². The summed E-state index contributed by atoms with van der Waals surface area (Å²) in [5.41, 5.74) is 2.44. The van der Waals surface area contributed by atoms with Crippen LogP contribution in [0.25, 0.3) is 6.08 Å². The second-order valence-electron chi connectivity index (χ2n) is 6.05. The van der Waals surface area contributed by atoms with Gasteiger partial charge in [-0.15, -0.1) is 0 Å². The SMILES string of the molecule is COc1cccc2c1O/C(=C\c1cc(Br)ccc1OCC=C(C)C)C2=O. The number of ether oxygens (including phenoxy) is 3. The molecule has 1 aliphatic rings. The van der Waals surface area contributed by atoms with Crippen molar-refractivity contribution in [2.75, 3.05) is 13.7 Å². The Balaban J connectivity index is 1.94. The summed E-state index contributed by atoms with van der Waals surface area (Å²) in [6.07, 6.45) is 3.70. The second kappa shape index (κ2) is 7.79. The molecule has 1 heterocycles. The van der Waals surface area contributed by atoms with Gasteiger partial charge in [-0.25, -0.2) is 0 Å². The van der Waals surface area contributed by atoms with Gasteiger partial charge in [-0.05, 0) is 56.3 Å². The van der Waals surface area contributed by atoms with Gasteiger partial charge in [0.15, 0.2) is 17.3 Å². The number of benzene rings is 2. The highest BCUT2D eigenvalue weighted by Gasteiger charge is 2.30. The number of fused-ring (bicyclic) bond motifs is 1. The van der Waals surface area contributed by atoms with Crippen molar-refractivity contribution in [3.05, 3.63) is 69.4 Å². The predicted molar refractivity (Wildman–Crippen MR) is 105 cm³/mol. The van der Waals surface area contributed by atoms with E-state index in [1.54, 1.807) is 31.4 Å². The Morgan fingerprint density at radius 3 is 2.73 bits per heavy atom. The molecule has 1 aliphatic heterocycles. The van der Waals surface area contributed by atoms with Crippen molar-refractivity contribution < 1.29 is 19.0 Å². The topological polar surface area (TPSA) is 44.8 Å². The molecule has 3 rings (SSSR count). The van der Waals surface area contributed by atoms with Crippen LogP contribution in [0.5, 0.6) is 17.2 Å². The monoisotopic (exact) mass is 414 g/mol. The molecule has 0 N–H and O–H groups in total. The lowest BCUT2D eigenvalue weighted by Crippen LogP contribution is -2.00. The number of carbonyl (C=O) groups is 1. The molecule has 2 aromatic carbocycles. The smallest absolute Gasteiger partial charge is 0.232 e. The van der Waals surface area contributed by atoms with Gasteiger partial charge in [0.1, 0.15) is 12.4 Å². The lowest BCUT2D eigenvalue weighted by atomic mass is 10.1. The first-order valence-corrected chi connectivity index (χ1v) is 8.96. The third-order valence-corrected chi connectivity index (χ3v) is 4.36. The van der Waals surface area contributed by atoms with Crippen LogP contribution in [0.2, 0.25) is 0 Å². The number of para-hydroxylation sites is 1. The minimum Gasteiger partial charge on any atom is -0.493 e. The van der Waals surface area contributed by atoms with Crippen molar-refractivity contribution in [2.45, 2.75) is 13.8 Å². The van der Waals surface area contributed by atoms with Gasteiger partial charge < -0.3 is 14.2 Å². The molecule has 2 aromatic rings. The van der Waals surface area contributed by atoms with Gasteiger partial charge >= 0.3 is 0 Å². The summed E-state index contributed by atoms with van der Waals surface area (Å²) in [5.74, 6) is 1.74. The van der Waals surface area contributed by atoms with Crippen molar-refractivity contribution in [2.24, 2.45) is 0 Å². The summed E-state index contributed by atoms with van der Waals surface area (Å²) in [7, 11) is 1.55. The summed E-state index contributed by atoms with van der Waals surface area (Å²) in [6.45, 7) is 4.50. The molecule has 4 nitrogen and oxygen atoms in total. The zero-order valence-electron chi connectivity index (χ0n) is 14.8. The van der Waals surface area contributed by atoms with Gasteiger partial charge in [0, 0.05) is 10.0 Å². The Labute approximate surface area is 161 Å². The Morgan fingerprint density at radius 1 is 1.19 bits per heavy atom. The average molecular weight is 415 g/mol. The first-order valence-electron chi connectivity index (χ1n) is 8.16. The summed E-state index contributed by atoms with van der Waals surface area (Å²) >= 11 is 3.46. The highest BCUT2D eigenvalue weighted by atomic mass is 79.9. The number of methoxy groups -OCH3 is 1. The van der Waals surface area contributed by atoms with Crippen LogP contribution in [-0.2, 0) is 0 Å². The molecule has 0 fully saturated rings. The van der Waals surface area contributed by atoms with Crippen LogP contribution >= 0.6 is 15.9 Å².